The van der Waals surface area contributed by atoms with E-state index in [-0.39, 0.29) is 18.1 Å². The van der Waals surface area contributed by atoms with Crippen molar-refractivity contribution in [3.63, 3.8) is 0 Å². The molecule has 0 bridgehead atoms. The normalized spacial score (nSPS) is 25.5. The molecule has 0 aromatic carbocycles. The highest BCUT2D eigenvalue weighted by molar-refractivity contribution is 5.69. The standard InChI is InChI=1S/C18H20N5O7/c1-9(24)27-7-13-15(28-10(2)25)16(29-11(3)26)18(20-4,30-13)14-6-5-12-17(19)21-8-22-23(12)14/h4-6,8,13,15-16H,7H2,1-3H3,(H2,19,21,22)/q+1/t13-,15-,16-,18+/m1/s1. The van der Waals surface area contributed by atoms with E-state index in [0.29, 0.717) is 5.52 Å². The molecule has 0 amide bonds. The molecule has 2 N–H and O–H groups in total. The molecule has 4 atom stereocenters. The minimum Gasteiger partial charge on any atom is -0.463 e. The second-order valence-electron chi connectivity index (χ2n) is 6.55. The molecule has 1 fully saturated rings. The first-order chi connectivity index (χ1) is 14.2. The summed E-state index contributed by atoms with van der Waals surface area (Å²) in [4.78, 5) is 42.7. The number of fused-ring (bicyclic) bond motifs is 1. The largest absolute Gasteiger partial charge is 0.468 e. The maximum absolute atomic E-state index is 11.9. The number of aromatic nitrogens is 3. The Kier molecular flexibility index (Phi) is 5.57. The molecule has 3 heterocycles. The summed E-state index contributed by atoms with van der Waals surface area (Å²) < 4.78 is 23.2. The molecule has 0 spiro atoms. The van der Waals surface area contributed by atoms with Gasteiger partial charge >= 0.3 is 23.6 Å². The number of rotatable bonds is 5. The smallest absolute Gasteiger partial charge is 0.463 e. The lowest BCUT2D eigenvalue weighted by Crippen LogP contribution is -2.45. The van der Waals surface area contributed by atoms with Crippen LogP contribution in [0.5, 0.6) is 0 Å². The van der Waals surface area contributed by atoms with E-state index < -0.39 is 41.9 Å². The number of carbonyl (C=O) groups is 3. The fraction of sp³-hybridized carbons (Fsp3) is 0.444. The van der Waals surface area contributed by atoms with E-state index >= 15 is 0 Å². The molecule has 12 heteroatoms. The van der Waals surface area contributed by atoms with E-state index in [0.717, 1.165) is 0 Å². The second kappa shape index (κ2) is 7.96. The van der Waals surface area contributed by atoms with Crippen molar-refractivity contribution in [2.75, 3.05) is 12.3 Å². The first-order valence-corrected chi connectivity index (χ1v) is 8.86. The Morgan fingerprint density at radius 3 is 2.53 bits per heavy atom. The molecule has 30 heavy (non-hydrogen) atoms. The van der Waals surface area contributed by atoms with Crippen LogP contribution in [0.15, 0.2) is 18.5 Å². The number of esters is 3. The number of ether oxygens (including phenoxy) is 4. The number of carbonyl (C=O) groups excluding carboxylic acids is 3. The van der Waals surface area contributed by atoms with Crippen LogP contribution in [0.4, 0.5) is 5.82 Å². The SMILES string of the molecule is C#[N+][C@@]1(c2ccc3c(N)ncnn23)O[C@H](COC(C)=O)[C@@H](OC(C)=O)[C@H]1OC(C)=O. The summed E-state index contributed by atoms with van der Waals surface area (Å²) in [5, 5.41) is 4.13. The van der Waals surface area contributed by atoms with Gasteiger partial charge in [-0.1, -0.05) is 0 Å². The van der Waals surface area contributed by atoms with Crippen LogP contribution in [0.2, 0.25) is 0 Å². The molecule has 1 saturated heterocycles. The van der Waals surface area contributed by atoms with E-state index in [1.165, 1.54) is 31.6 Å². The van der Waals surface area contributed by atoms with Crippen LogP contribution in [0.3, 0.4) is 0 Å². The summed E-state index contributed by atoms with van der Waals surface area (Å²) in [7, 11) is 0. The molecular weight excluding hydrogens is 398 g/mol. The summed E-state index contributed by atoms with van der Waals surface area (Å²) in [6.07, 6.45) is -2.31. The second-order valence-corrected chi connectivity index (χ2v) is 6.55. The maximum Gasteiger partial charge on any atom is 0.468 e. The fourth-order valence-corrected chi connectivity index (χ4v) is 3.37. The van der Waals surface area contributed by atoms with Crippen molar-refractivity contribution in [3.05, 3.63) is 29.0 Å². The molecule has 2 aromatic rings. The number of nitrogen functional groups attached to an aromatic ring is 1. The number of hydrogen-bond donors (Lipinski definition) is 1. The lowest BCUT2D eigenvalue weighted by molar-refractivity contribution is -0.167. The van der Waals surface area contributed by atoms with Crippen molar-refractivity contribution in [2.24, 2.45) is 0 Å². The van der Waals surface area contributed by atoms with Crippen molar-refractivity contribution in [2.45, 2.75) is 44.8 Å². The van der Waals surface area contributed by atoms with Crippen LogP contribution in [0.1, 0.15) is 26.5 Å². The van der Waals surface area contributed by atoms with Gasteiger partial charge in [-0.15, -0.1) is 0 Å². The van der Waals surface area contributed by atoms with Crippen LogP contribution in [-0.4, -0.2) is 57.4 Å². The van der Waals surface area contributed by atoms with E-state index in [1.54, 1.807) is 12.1 Å². The molecule has 1 aliphatic heterocycles. The Labute approximate surface area is 170 Å². The molecule has 158 valence electrons. The first-order valence-electron chi connectivity index (χ1n) is 8.86. The zero-order valence-electron chi connectivity index (χ0n) is 16.5. The highest BCUT2D eigenvalue weighted by atomic mass is 16.7. The summed E-state index contributed by atoms with van der Waals surface area (Å²) in [5.74, 6) is -1.77. The van der Waals surface area contributed by atoms with E-state index in [4.69, 9.17) is 31.3 Å². The minimum atomic E-state index is -1.84. The van der Waals surface area contributed by atoms with Crippen molar-refractivity contribution < 1.29 is 33.3 Å². The fourth-order valence-electron chi connectivity index (χ4n) is 3.37. The van der Waals surface area contributed by atoms with Gasteiger partial charge in [0, 0.05) is 20.8 Å². The minimum absolute atomic E-state index is 0.179. The van der Waals surface area contributed by atoms with Gasteiger partial charge in [-0.2, -0.15) is 5.10 Å². The highest BCUT2D eigenvalue weighted by Gasteiger charge is 2.70. The monoisotopic (exact) mass is 418 g/mol. The molecule has 0 aliphatic carbocycles. The highest BCUT2D eigenvalue weighted by Crippen LogP contribution is 2.45. The summed E-state index contributed by atoms with van der Waals surface area (Å²) in [5.41, 5.74) is 4.70. The van der Waals surface area contributed by atoms with E-state index in [1.807, 2.05) is 0 Å². The third kappa shape index (κ3) is 3.62. The average molecular weight is 418 g/mol. The van der Waals surface area contributed by atoms with Gasteiger partial charge in [0.25, 0.3) is 12.7 Å². The van der Waals surface area contributed by atoms with Gasteiger partial charge in [0.05, 0.1) is 0 Å². The van der Waals surface area contributed by atoms with Gasteiger partial charge in [0.2, 0.25) is 0 Å². The molecule has 2 aromatic heterocycles. The van der Waals surface area contributed by atoms with Gasteiger partial charge in [-0.25, -0.2) is 9.50 Å². The Bertz CT molecular complexity index is 1050. The van der Waals surface area contributed by atoms with Gasteiger partial charge < -0.3 is 19.9 Å². The van der Waals surface area contributed by atoms with Crippen LogP contribution in [0, 0.1) is 6.57 Å². The molecule has 0 unspecified atom stereocenters. The maximum atomic E-state index is 11.9. The summed E-state index contributed by atoms with van der Waals surface area (Å²) >= 11 is 0. The number of nitrogens with two attached hydrogens (primary N) is 1. The molecule has 0 radical (unpaired) electrons. The Morgan fingerprint density at radius 1 is 1.23 bits per heavy atom. The van der Waals surface area contributed by atoms with Gasteiger partial charge in [-0.3, -0.25) is 19.1 Å². The third-order valence-electron chi connectivity index (χ3n) is 4.47. The Hall–Kier alpha value is -3.72. The van der Waals surface area contributed by atoms with Crippen LogP contribution in [-0.2, 0) is 39.1 Å². The average Bonchev–Trinajstić information content (AvgIpc) is 3.21. The summed E-state index contributed by atoms with van der Waals surface area (Å²) in [6, 6.07) is 3.16. The van der Waals surface area contributed by atoms with Gasteiger partial charge in [0.1, 0.15) is 24.6 Å². The number of hydrogen-bond acceptors (Lipinski definition) is 10. The summed E-state index contributed by atoms with van der Waals surface area (Å²) in [6.45, 7) is 8.99. The topological polar surface area (TPSA) is 149 Å². The zero-order valence-corrected chi connectivity index (χ0v) is 16.5. The van der Waals surface area contributed by atoms with Crippen molar-refractivity contribution in [1.82, 2.24) is 14.6 Å². The van der Waals surface area contributed by atoms with Crippen molar-refractivity contribution >= 4 is 29.2 Å². The lowest BCUT2D eigenvalue weighted by Gasteiger charge is -2.22. The third-order valence-corrected chi connectivity index (χ3v) is 4.47. The van der Waals surface area contributed by atoms with E-state index in [2.05, 4.69) is 14.9 Å². The molecule has 3 rings (SSSR count). The number of anilines is 1. The van der Waals surface area contributed by atoms with E-state index in [9.17, 15) is 14.4 Å². The van der Waals surface area contributed by atoms with Crippen molar-refractivity contribution in [1.29, 1.82) is 0 Å². The molecular formula is C18H20N5O7+. The zero-order chi connectivity index (χ0) is 22.1. The molecule has 0 saturated carbocycles. The molecule has 12 nitrogen and oxygen atoms in total. The predicted octanol–water partition coefficient (Wildman–Crippen LogP) is 0.252. The van der Waals surface area contributed by atoms with Crippen LogP contribution < -0.4 is 5.73 Å². The lowest BCUT2D eigenvalue weighted by atomic mass is 9.99. The van der Waals surface area contributed by atoms with Crippen LogP contribution in [0.25, 0.3) is 10.4 Å². The Morgan fingerprint density at radius 2 is 1.93 bits per heavy atom. The first kappa shape index (κ1) is 21.0. The van der Waals surface area contributed by atoms with Crippen LogP contribution >= 0.6 is 0 Å². The molecule has 1 aliphatic rings. The number of nitrogens with zero attached hydrogens (tertiary/aromatic N) is 4. The quantitative estimate of drug-likeness (QED) is 0.529. The van der Waals surface area contributed by atoms with Gasteiger partial charge in [-0.05, 0) is 17.0 Å². The van der Waals surface area contributed by atoms with Gasteiger partial charge in [0.15, 0.2) is 17.6 Å². The Balaban J connectivity index is 2.17. The van der Waals surface area contributed by atoms with Crippen molar-refractivity contribution in [3.8, 4) is 6.57 Å². The predicted molar refractivity (Wildman–Crippen MR) is 100.0 cm³/mol.